The van der Waals surface area contributed by atoms with Gasteiger partial charge in [0.15, 0.2) is 9.84 Å². The zero-order valence-electron chi connectivity index (χ0n) is 13.4. The first kappa shape index (κ1) is 17.0. The summed E-state index contributed by atoms with van der Waals surface area (Å²) in [6, 6.07) is 3.29. The predicted octanol–water partition coefficient (Wildman–Crippen LogP) is 3.64. The highest BCUT2D eigenvalue weighted by atomic mass is 32.2. The average molecular weight is 324 g/mol. The van der Waals surface area contributed by atoms with Crippen molar-refractivity contribution in [2.75, 3.05) is 6.26 Å². The molecule has 0 heterocycles. The van der Waals surface area contributed by atoms with Gasteiger partial charge in [0.2, 0.25) is 0 Å². The first-order chi connectivity index (χ1) is 10.3. The molecule has 1 aromatic carbocycles. The minimum Gasteiger partial charge on any atom is -0.478 e. The summed E-state index contributed by atoms with van der Waals surface area (Å²) in [6.07, 6.45) is 5.72. The number of rotatable bonds is 4. The molecule has 1 saturated carbocycles. The lowest BCUT2D eigenvalue weighted by Gasteiger charge is -2.28. The smallest absolute Gasteiger partial charge is 0.336 e. The normalized spacial score (nSPS) is 22.5. The number of carbonyl (C=O) groups is 1. The summed E-state index contributed by atoms with van der Waals surface area (Å²) >= 11 is 0. The quantitative estimate of drug-likeness (QED) is 0.917. The number of hydrogen-bond acceptors (Lipinski definition) is 3. The van der Waals surface area contributed by atoms with Gasteiger partial charge in [-0.15, -0.1) is 0 Å². The van der Waals surface area contributed by atoms with Gasteiger partial charge in [0.05, 0.1) is 10.5 Å². The van der Waals surface area contributed by atoms with Crippen LogP contribution in [0, 0.1) is 5.92 Å². The van der Waals surface area contributed by atoms with Gasteiger partial charge in [0.25, 0.3) is 0 Å². The van der Waals surface area contributed by atoms with Crippen molar-refractivity contribution < 1.29 is 18.3 Å². The molecule has 0 spiro atoms. The lowest BCUT2D eigenvalue weighted by atomic mass is 9.78. The third-order valence-electron chi connectivity index (χ3n) is 4.70. The number of hydrogen-bond donors (Lipinski definition) is 1. The number of benzene rings is 1. The van der Waals surface area contributed by atoms with Gasteiger partial charge in [0, 0.05) is 6.26 Å². The van der Waals surface area contributed by atoms with Gasteiger partial charge in [-0.25, -0.2) is 13.2 Å². The lowest BCUT2D eigenvalue weighted by Crippen LogP contribution is -2.17. The van der Waals surface area contributed by atoms with Crippen molar-refractivity contribution in [3.63, 3.8) is 0 Å². The predicted molar refractivity (Wildman–Crippen MR) is 86.3 cm³/mol. The summed E-state index contributed by atoms with van der Waals surface area (Å²) in [7, 11) is -3.46. The molecule has 2 rings (SSSR count). The summed E-state index contributed by atoms with van der Waals surface area (Å²) < 4.78 is 24.6. The third-order valence-corrected chi connectivity index (χ3v) is 5.93. The summed E-state index contributed by atoms with van der Waals surface area (Å²) in [5, 5.41) is 9.33. The molecular weight excluding hydrogens is 300 g/mol. The van der Waals surface area contributed by atoms with Crippen molar-refractivity contribution in [2.45, 2.75) is 56.8 Å². The molecule has 22 heavy (non-hydrogen) atoms. The van der Waals surface area contributed by atoms with Gasteiger partial charge in [-0.2, -0.15) is 0 Å². The van der Waals surface area contributed by atoms with Gasteiger partial charge in [0.1, 0.15) is 0 Å². The molecule has 1 aliphatic carbocycles. The fraction of sp³-hybridized carbons (Fsp3) is 0.588. The van der Waals surface area contributed by atoms with Crippen LogP contribution < -0.4 is 0 Å². The number of aromatic carboxylic acids is 1. The second-order valence-electron chi connectivity index (χ2n) is 6.40. The average Bonchev–Trinajstić information content (AvgIpc) is 2.45. The van der Waals surface area contributed by atoms with Crippen LogP contribution in [-0.4, -0.2) is 25.7 Å². The molecule has 0 aliphatic heterocycles. The highest BCUT2D eigenvalue weighted by Gasteiger charge is 2.28. The number of carboxylic acid groups (broad SMARTS) is 1. The molecule has 122 valence electrons. The molecule has 0 bridgehead atoms. The Labute approximate surface area is 132 Å². The lowest BCUT2D eigenvalue weighted by molar-refractivity contribution is 0.0695. The highest BCUT2D eigenvalue weighted by molar-refractivity contribution is 7.90. The largest absolute Gasteiger partial charge is 0.478 e. The molecular formula is C17H24O4S. The molecule has 4 nitrogen and oxygen atoms in total. The van der Waals surface area contributed by atoms with E-state index in [4.69, 9.17) is 0 Å². The van der Waals surface area contributed by atoms with Gasteiger partial charge in [-0.3, -0.25) is 0 Å². The van der Waals surface area contributed by atoms with Crippen LogP contribution in [0.3, 0.4) is 0 Å². The maximum Gasteiger partial charge on any atom is 0.336 e. The maximum absolute atomic E-state index is 12.3. The molecule has 1 N–H and O–H groups in total. The number of carboxylic acids is 1. The van der Waals surface area contributed by atoms with Crippen molar-refractivity contribution in [1.29, 1.82) is 0 Å². The summed E-state index contributed by atoms with van der Waals surface area (Å²) in [5.41, 5.74) is 1.37. The van der Waals surface area contributed by atoms with Crippen molar-refractivity contribution >= 4 is 15.8 Å². The van der Waals surface area contributed by atoms with Crippen LogP contribution in [0.5, 0.6) is 0 Å². The molecule has 1 fully saturated rings. The molecule has 1 aliphatic rings. The SMILES string of the molecule is CCc1c(C(=O)O)ccc(C2CCC(C)CC2)c1S(C)(=O)=O. The van der Waals surface area contributed by atoms with Crippen molar-refractivity contribution in [1.82, 2.24) is 0 Å². The Bertz CT molecular complexity index is 668. The van der Waals surface area contributed by atoms with Crippen LogP contribution in [0.15, 0.2) is 17.0 Å². The Balaban J connectivity index is 2.62. The molecule has 1 aromatic rings. The molecule has 0 aromatic heterocycles. The van der Waals surface area contributed by atoms with Crippen LogP contribution >= 0.6 is 0 Å². The van der Waals surface area contributed by atoms with Crippen LogP contribution in [0.1, 0.15) is 66.9 Å². The van der Waals surface area contributed by atoms with E-state index in [2.05, 4.69) is 6.92 Å². The van der Waals surface area contributed by atoms with Crippen LogP contribution in [0.2, 0.25) is 0 Å². The Hall–Kier alpha value is -1.36. The standard InChI is InChI=1S/C17H24O4S/c1-4-13-15(17(18)19)10-9-14(16(13)22(3,20)21)12-7-5-11(2)6-8-12/h9-12H,4-8H2,1-3H3,(H,18,19). The second kappa shape index (κ2) is 6.41. The van der Waals surface area contributed by atoms with Crippen LogP contribution in [-0.2, 0) is 16.3 Å². The van der Waals surface area contributed by atoms with Crippen molar-refractivity contribution in [2.24, 2.45) is 5.92 Å². The van der Waals surface area contributed by atoms with Gasteiger partial charge in [-0.1, -0.05) is 32.8 Å². The molecule has 0 unspecified atom stereocenters. The van der Waals surface area contributed by atoms with E-state index < -0.39 is 15.8 Å². The zero-order chi connectivity index (χ0) is 16.5. The van der Waals surface area contributed by atoms with E-state index in [1.54, 1.807) is 12.1 Å². The topological polar surface area (TPSA) is 71.4 Å². The maximum atomic E-state index is 12.3. The van der Waals surface area contributed by atoms with Gasteiger partial charge in [-0.05, 0) is 48.3 Å². The Morgan fingerprint density at radius 3 is 2.27 bits per heavy atom. The molecule has 0 radical (unpaired) electrons. The fourth-order valence-corrected chi connectivity index (χ4v) is 4.89. The first-order valence-electron chi connectivity index (χ1n) is 7.84. The minimum absolute atomic E-state index is 0.107. The fourth-order valence-electron chi connectivity index (χ4n) is 3.53. The second-order valence-corrected chi connectivity index (χ2v) is 8.35. The Kier molecular flexibility index (Phi) is 4.95. The summed E-state index contributed by atoms with van der Waals surface area (Å²) in [4.78, 5) is 11.7. The van der Waals surface area contributed by atoms with Gasteiger partial charge < -0.3 is 5.11 Å². The van der Waals surface area contributed by atoms with Crippen molar-refractivity contribution in [3.8, 4) is 0 Å². The van der Waals surface area contributed by atoms with E-state index in [0.717, 1.165) is 31.2 Å². The van der Waals surface area contributed by atoms with E-state index in [0.29, 0.717) is 17.9 Å². The van der Waals surface area contributed by atoms with E-state index in [9.17, 15) is 18.3 Å². The van der Waals surface area contributed by atoms with Crippen molar-refractivity contribution in [3.05, 3.63) is 28.8 Å². The molecule has 5 heteroatoms. The first-order valence-corrected chi connectivity index (χ1v) is 9.74. The zero-order valence-corrected chi connectivity index (χ0v) is 14.2. The molecule has 0 saturated heterocycles. The van der Waals surface area contributed by atoms with E-state index in [1.807, 2.05) is 6.92 Å². The molecule has 0 atom stereocenters. The Morgan fingerprint density at radius 1 is 1.23 bits per heavy atom. The van der Waals surface area contributed by atoms with Crippen LogP contribution in [0.4, 0.5) is 0 Å². The highest BCUT2D eigenvalue weighted by Crippen LogP contribution is 2.40. The molecule has 0 amide bonds. The summed E-state index contributed by atoms with van der Waals surface area (Å²) in [5.74, 6) is -0.165. The minimum atomic E-state index is -3.46. The number of sulfone groups is 1. The third kappa shape index (κ3) is 3.35. The van der Waals surface area contributed by atoms with E-state index >= 15 is 0 Å². The van der Waals surface area contributed by atoms with E-state index in [1.165, 1.54) is 6.26 Å². The van der Waals surface area contributed by atoms with E-state index in [-0.39, 0.29) is 16.4 Å². The Morgan fingerprint density at radius 2 is 1.82 bits per heavy atom. The monoisotopic (exact) mass is 324 g/mol. The van der Waals surface area contributed by atoms with Gasteiger partial charge >= 0.3 is 5.97 Å². The summed E-state index contributed by atoms with van der Waals surface area (Å²) in [6.45, 7) is 4.03. The van der Waals surface area contributed by atoms with Crippen LogP contribution in [0.25, 0.3) is 0 Å².